The Labute approximate surface area is 131 Å². The van der Waals surface area contributed by atoms with Crippen molar-refractivity contribution in [2.24, 2.45) is 0 Å². The van der Waals surface area contributed by atoms with E-state index in [1.54, 1.807) is 6.07 Å². The summed E-state index contributed by atoms with van der Waals surface area (Å²) in [5.41, 5.74) is 0.572. The fourth-order valence-electron chi connectivity index (χ4n) is 2.51. The molecular formula is C16H15BrN2O2. The van der Waals surface area contributed by atoms with Crippen molar-refractivity contribution in [1.82, 2.24) is 10.6 Å². The summed E-state index contributed by atoms with van der Waals surface area (Å²) in [7, 11) is 0. The van der Waals surface area contributed by atoms with Gasteiger partial charge in [-0.05, 0) is 47.9 Å². The van der Waals surface area contributed by atoms with Crippen molar-refractivity contribution in [2.75, 3.05) is 6.54 Å². The van der Waals surface area contributed by atoms with Gasteiger partial charge in [-0.15, -0.1) is 0 Å². The molecule has 0 bridgehead atoms. The maximum atomic E-state index is 12.3. The molecule has 1 fully saturated rings. The molecule has 2 aromatic rings. The molecule has 0 saturated carbocycles. The van der Waals surface area contributed by atoms with Gasteiger partial charge in [0.05, 0.1) is 0 Å². The number of fused-ring (bicyclic) bond motifs is 1. The molecule has 5 heteroatoms. The first-order valence-electron chi connectivity index (χ1n) is 6.91. The van der Waals surface area contributed by atoms with Gasteiger partial charge in [0, 0.05) is 16.6 Å². The number of nitrogens with one attached hydrogen (secondary N) is 2. The van der Waals surface area contributed by atoms with Crippen molar-refractivity contribution in [3.05, 3.63) is 46.4 Å². The maximum Gasteiger partial charge on any atom is 0.251 e. The second kappa shape index (κ2) is 5.85. The molecular weight excluding hydrogens is 332 g/mol. The Balaban J connectivity index is 1.81. The zero-order valence-electron chi connectivity index (χ0n) is 11.4. The van der Waals surface area contributed by atoms with Crippen LogP contribution in [0.4, 0.5) is 0 Å². The molecule has 1 saturated heterocycles. The number of carbonyl (C=O) groups excluding carboxylic acids is 2. The first-order valence-corrected chi connectivity index (χ1v) is 7.71. The Morgan fingerprint density at radius 3 is 2.76 bits per heavy atom. The second-order valence-corrected chi connectivity index (χ2v) is 6.08. The topological polar surface area (TPSA) is 58.2 Å². The number of carbonyl (C=O) groups is 2. The van der Waals surface area contributed by atoms with Crippen molar-refractivity contribution < 1.29 is 9.59 Å². The van der Waals surface area contributed by atoms with E-state index in [1.165, 1.54) is 0 Å². The molecule has 108 valence electrons. The Morgan fingerprint density at radius 1 is 1.19 bits per heavy atom. The zero-order chi connectivity index (χ0) is 14.8. The third-order valence-electron chi connectivity index (χ3n) is 3.66. The summed E-state index contributed by atoms with van der Waals surface area (Å²) in [6.07, 6.45) is 1.58. The average Bonchev–Trinajstić information content (AvgIpc) is 2.49. The molecule has 1 atom stereocenters. The molecule has 3 rings (SSSR count). The Hall–Kier alpha value is -1.88. The minimum absolute atomic E-state index is 0.0979. The number of amides is 2. The number of piperidine rings is 1. The van der Waals surface area contributed by atoms with Crippen LogP contribution in [0.5, 0.6) is 0 Å². The highest BCUT2D eigenvalue weighted by atomic mass is 79.9. The lowest BCUT2D eigenvalue weighted by molar-refractivity contribution is -0.124. The summed E-state index contributed by atoms with van der Waals surface area (Å²) in [5, 5.41) is 7.63. The fraction of sp³-hybridized carbons (Fsp3) is 0.250. The average molecular weight is 347 g/mol. The van der Waals surface area contributed by atoms with E-state index in [0.717, 1.165) is 21.7 Å². The van der Waals surface area contributed by atoms with Crippen LogP contribution in [0.15, 0.2) is 40.9 Å². The van der Waals surface area contributed by atoms with Gasteiger partial charge in [0.15, 0.2) is 0 Å². The molecule has 2 amide bonds. The molecule has 21 heavy (non-hydrogen) atoms. The zero-order valence-corrected chi connectivity index (χ0v) is 12.9. The molecule has 1 aliphatic heterocycles. The van der Waals surface area contributed by atoms with E-state index in [-0.39, 0.29) is 11.8 Å². The first-order chi connectivity index (χ1) is 10.1. The van der Waals surface area contributed by atoms with Crippen LogP contribution in [0.3, 0.4) is 0 Å². The molecule has 0 radical (unpaired) electrons. The Bertz CT molecular complexity index is 714. The summed E-state index contributed by atoms with van der Waals surface area (Å²) in [6.45, 7) is 0.691. The Kier molecular flexibility index (Phi) is 3.92. The van der Waals surface area contributed by atoms with Gasteiger partial charge < -0.3 is 10.6 Å². The van der Waals surface area contributed by atoms with Crippen LogP contribution in [0.25, 0.3) is 10.8 Å². The second-order valence-electron chi connectivity index (χ2n) is 5.17. The number of halogens is 1. The molecule has 1 unspecified atom stereocenters. The van der Waals surface area contributed by atoms with Gasteiger partial charge in [-0.2, -0.15) is 0 Å². The normalized spacial score (nSPS) is 18.3. The minimum atomic E-state index is -0.424. The lowest BCUT2D eigenvalue weighted by Gasteiger charge is -2.22. The summed E-state index contributed by atoms with van der Waals surface area (Å²) in [5.74, 6) is -0.304. The third-order valence-corrected chi connectivity index (χ3v) is 4.15. The molecule has 1 aliphatic rings. The molecule has 2 N–H and O–H groups in total. The Morgan fingerprint density at radius 2 is 1.95 bits per heavy atom. The van der Waals surface area contributed by atoms with Gasteiger partial charge in [-0.1, -0.05) is 28.1 Å². The molecule has 1 heterocycles. The van der Waals surface area contributed by atoms with Gasteiger partial charge in [-0.3, -0.25) is 9.59 Å². The molecule has 4 nitrogen and oxygen atoms in total. The van der Waals surface area contributed by atoms with Crippen LogP contribution in [0.1, 0.15) is 23.2 Å². The third kappa shape index (κ3) is 3.08. The highest BCUT2D eigenvalue weighted by Gasteiger charge is 2.23. The fourth-order valence-corrected chi connectivity index (χ4v) is 2.89. The van der Waals surface area contributed by atoms with E-state index in [2.05, 4.69) is 26.6 Å². The van der Waals surface area contributed by atoms with Crippen molar-refractivity contribution in [2.45, 2.75) is 18.9 Å². The summed E-state index contributed by atoms with van der Waals surface area (Å²) in [4.78, 5) is 23.9. The number of hydrogen-bond acceptors (Lipinski definition) is 2. The molecule has 0 aromatic heterocycles. The largest absolute Gasteiger partial charge is 0.354 e. The minimum Gasteiger partial charge on any atom is -0.354 e. The van der Waals surface area contributed by atoms with E-state index >= 15 is 0 Å². The highest BCUT2D eigenvalue weighted by molar-refractivity contribution is 9.10. The lowest BCUT2D eigenvalue weighted by atomic mass is 10.0. The van der Waals surface area contributed by atoms with Crippen molar-refractivity contribution in [1.29, 1.82) is 0 Å². The van der Waals surface area contributed by atoms with Gasteiger partial charge in [0.2, 0.25) is 5.91 Å². The van der Waals surface area contributed by atoms with Crippen LogP contribution in [0, 0.1) is 0 Å². The molecule has 2 aromatic carbocycles. The lowest BCUT2D eigenvalue weighted by Crippen LogP contribution is -2.50. The van der Waals surface area contributed by atoms with Crippen molar-refractivity contribution >= 4 is 38.5 Å². The summed E-state index contributed by atoms with van der Waals surface area (Å²) < 4.78 is 1.01. The predicted molar refractivity (Wildman–Crippen MR) is 85.1 cm³/mol. The van der Waals surface area contributed by atoms with E-state index in [9.17, 15) is 9.59 Å². The molecule has 0 spiro atoms. The highest BCUT2D eigenvalue weighted by Crippen LogP contribution is 2.21. The molecule has 0 aliphatic carbocycles. The summed E-state index contributed by atoms with van der Waals surface area (Å²) >= 11 is 3.43. The van der Waals surface area contributed by atoms with Crippen LogP contribution >= 0.6 is 15.9 Å². The van der Waals surface area contributed by atoms with Gasteiger partial charge >= 0.3 is 0 Å². The van der Waals surface area contributed by atoms with E-state index in [1.807, 2.05) is 30.3 Å². The van der Waals surface area contributed by atoms with E-state index in [0.29, 0.717) is 18.5 Å². The van der Waals surface area contributed by atoms with E-state index in [4.69, 9.17) is 0 Å². The number of rotatable bonds is 2. The summed E-state index contributed by atoms with van der Waals surface area (Å²) in [6, 6.07) is 11.0. The quantitative estimate of drug-likeness (QED) is 0.877. The van der Waals surface area contributed by atoms with Crippen LogP contribution in [-0.4, -0.2) is 24.4 Å². The van der Waals surface area contributed by atoms with Crippen LogP contribution in [0.2, 0.25) is 0 Å². The predicted octanol–water partition coefficient (Wildman–Crippen LogP) is 2.61. The van der Waals surface area contributed by atoms with Gasteiger partial charge in [-0.25, -0.2) is 0 Å². The van der Waals surface area contributed by atoms with Crippen LogP contribution in [-0.2, 0) is 4.79 Å². The van der Waals surface area contributed by atoms with Crippen molar-refractivity contribution in [3.63, 3.8) is 0 Å². The first kappa shape index (κ1) is 14.1. The van der Waals surface area contributed by atoms with Crippen LogP contribution < -0.4 is 10.6 Å². The van der Waals surface area contributed by atoms with Crippen molar-refractivity contribution in [3.8, 4) is 0 Å². The van der Waals surface area contributed by atoms with Gasteiger partial charge in [0.1, 0.15) is 6.04 Å². The maximum absolute atomic E-state index is 12.3. The van der Waals surface area contributed by atoms with E-state index < -0.39 is 6.04 Å². The van der Waals surface area contributed by atoms with Gasteiger partial charge in [0.25, 0.3) is 5.91 Å². The monoisotopic (exact) mass is 346 g/mol. The number of hydrogen-bond donors (Lipinski definition) is 2. The standard InChI is InChI=1S/C16H15BrN2O2/c17-13-6-5-10-8-12(4-3-11(10)9-13)15(20)19-14-2-1-7-18-16(14)21/h3-6,8-9,14H,1-2,7H2,(H,18,21)(H,19,20). The number of benzene rings is 2. The SMILES string of the molecule is O=C(NC1CCCNC1=O)c1ccc2cc(Br)ccc2c1. The smallest absolute Gasteiger partial charge is 0.251 e.